The Bertz CT molecular complexity index is 1680. The summed E-state index contributed by atoms with van der Waals surface area (Å²) in [6.45, 7) is 4.03. The maximum absolute atomic E-state index is 13.8. The van der Waals surface area contributed by atoms with Crippen LogP contribution in [0.15, 0.2) is 74.4 Å². The number of nitrogens with zero attached hydrogens (tertiary/aromatic N) is 5. The van der Waals surface area contributed by atoms with Crippen LogP contribution in [0, 0.1) is 5.92 Å². The predicted octanol–water partition coefficient (Wildman–Crippen LogP) is 4.63. The Morgan fingerprint density at radius 1 is 1.10 bits per heavy atom. The highest BCUT2D eigenvalue weighted by Gasteiger charge is 2.31. The lowest BCUT2D eigenvalue weighted by Gasteiger charge is -2.19. The van der Waals surface area contributed by atoms with Crippen molar-refractivity contribution in [1.82, 2.24) is 23.8 Å². The molecule has 0 fully saturated rings. The molecule has 1 aliphatic carbocycles. The highest BCUT2D eigenvalue weighted by Crippen LogP contribution is 2.31. The van der Waals surface area contributed by atoms with Gasteiger partial charge in [0.1, 0.15) is 11.5 Å². The number of aryl methyl sites for hydroxylation is 1. The zero-order chi connectivity index (χ0) is 27.7. The molecule has 10 nitrogen and oxygen atoms in total. The molecular weight excluding hydrogens is 519 g/mol. The molecule has 0 saturated heterocycles. The van der Waals surface area contributed by atoms with E-state index in [1.807, 2.05) is 25.2 Å². The Morgan fingerprint density at radius 3 is 2.59 bits per heavy atom. The Morgan fingerprint density at radius 2 is 1.90 bits per heavy atom. The minimum absolute atomic E-state index is 0.00579. The number of hydrogen-bond acceptors (Lipinski definition) is 7. The van der Waals surface area contributed by atoms with Crippen molar-refractivity contribution in [1.29, 1.82) is 0 Å². The third-order valence-electron chi connectivity index (χ3n) is 6.36. The second-order valence-corrected chi connectivity index (χ2v) is 8.98. The van der Waals surface area contributed by atoms with E-state index in [0.717, 1.165) is 28.7 Å². The van der Waals surface area contributed by atoms with Gasteiger partial charge in [-0.25, -0.2) is 4.79 Å². The van der Waals surface area contributed by atoms with Crippen LogP contribution >= 0.6 is 0 Å². The lowest BCUT2D eigenvalue weighted by molar-refractivity contribution is -0.274. The Labute approximate surface area is 219 Å². The van der Waals surface area contributed by atoms with Gasteiger partial charge in [-0.05, 0) is 37.0 Å². The largest absolute Gasteiger partial charge is 0.573 e. The van der Waals surface area contributed by atoms with E-state index in [1.54, 1.807) is 17.6 Å². The van der Waals surface area contributed by atoms with Gasteiger partial charge in [-0.15, -0.1) is 13.2 Å². The van der Waals surface area contributed by atoms with E-state index in [-0.39, 0.29) is 48.5 Å². The van der Waals surface area contributed by atoms with E-state index in [1.165, 1.54) is 22.9 Å². The summed E-state index contributed by atoms with van der Waals surface area (Å²) in [5.74, 6) is -0.00572. The van der Waals surface area contributed by atoms with Crippen molar-refractivity contribution in [2.24, 2.45) is 5.92 Å². The maximum atomic E-state index is 13.8. The van der Waals surface area contributed by atoms with Gasteiger partial charge in [0.05, 0.1) is 12.7 Å². The van der Waals surface area contributed by atoms with Crippen molar-refractivity contribution < 1.29 is 27.2 Å². The van der Waals surface area contributed by atoms with Crippen LogP contribution in [0.25, 0.3) is 11.2 Å². The van der Waals surface area contributed by atoms with Crippen LogP contribution < -0.4 is 20.7 Å². The van der Waals surface area contributed by atoms with Gasteiger partial charge in [-0.3, -0.25) is 18.5 Å². The molecule has 0 amide bonds. The van der Waals surface area contributed by atoms with Crippen LogP contribution in [-0.2, 0) is 19.6 Å². The molecule has 3 heterocycles. The molecule has 1 aromatic carbocycles. The van der Waals surface area contributed by atoms with E-state index < -0.39 is 23.4 Å². The summed E-state index contributed by atoms with van der Waals surface area (Å²) in [5.41, 5.74) is -0.0373. The Hall–Kier alpha value is -4.55. The van der Waals surface area contributed by atoms with Crippen LogP contribution in [0.3, 0.4) is 0 Å². The third-order valence-corrected chi connectivity index (χ3v) is 6.36. The topological polar surface area (TPSA) is 106 Å². The van der Waals surface area contributed by atoms with Crippen molar-refractivity contribution in [2.45, 2.75) is 46.3 Å². The SMILES string of the molecule is CCn1c(=O)n(Cc2ccno2)c(=O)c2c1nc(Oc1cccc(OC(F)(F)F)c1)n2CC1=CC=CCC1C. The summed E-state index contributed by atoms with van der Waals surface area (Å²) in [4.78, 5) is 31.5. The number of rotatable bonds is 8. The van der Waals surface area contributed by atoms with Gasteiger partial charge in [-0.1, -0.05) is 36.4 Å². The summed E-state index contributed by atoms with van der Waals surface area (Å²) in [5, 5.41) is 3.63. The smallest absolute Gasteiger partial charge is 0.425 e. The average molecular weight is 544 g/mol. The highest BCUT2D eigenvalue weighted by atomic mass is 19.4. The number of fused-ring (bicyclic) bond motifs is 1. The fourth-order valence-corrected chi connectivity index (χ4v) is 4.42. The first kappa shape index (κ1) is 26.1. The van der Waals surface area contributed by atoms with Crippen LogP contribution in [0.2, 0.25) is 0 Å². The number of allylic oxidation sites excluding steroid dienone is 4. The number of alkyl halides is 3. The predicted molar refractivity (Wildman–Crippen MR) is 134 cm³/mol. The summed E-state index contributed by atoms with van der Waals surface area (Å²) in [6, 6.07) is 6.47. The van der Waals surface area contributed by atoms with Gasteiger partial charge in [0, 0.05) is 25.2 Å². The highest BCUT2D eigenvalue weighted by molar-refractivity contribution is 5.72. The molecule has 0 spiro atoms. The molecule has 1 atom stereocenters. The molecule has 3 aromatic heterocycles. The number of benzene rings is 1. The molecule has 39 heavy (non-hydrogen) atoms. The van der Waals surface area contributed by atoms with Gasteiger partial charge >= 0.3 is 18.1 Å². The average Bonchev–Trinajstić information content (AvgIpc) is 3.51. The zero-order valence-corrected chi connectivity index (χ0v) is 21.0. The minimum atomic E-state index is -4.88. The maximum Gasteiger partial charge on any atom is 0.573 e. The van der Waals surface area contributed by atoms with Crippen LogP contribution in [0.4, 0.5) is 13.2 Å². The monoisotopic (exact) mass is 543 g/mol. The van der Waals surface area contributed by atoms with Crippen LogP contribution in [-0.4, -0.2) is 30.2 Å². The standard InChI is InChI=1S/C26H24F3N5O5/c1-3-32-22-21(23(35)34(25(32)36)15-20-11-12-30-39-20)33(14-17-8-5-4-7-16(17)2)24(31-22)37-18-9-6-10-19(13-18)38-26(27,28)29/h4-6,8-13,16H,3,7,14-15H2,1-2H3. The van der Waals surface area contributed by atoms with E-state index >= 15 is 0 Å². The molecule has 0 radical (unpaired) electrons. The van der Waals surface area contributed by atoms with Crippen molar-refractivity contribution in [3.8, 4) is 17.5 Å². The van der Waals surface area contributed by atoms with Gasteiger partial charge in [-0.2, -0.15) is 4.98 Å². The Balaban J connectivity index is 1.68. The van der Waals surface area contributed by atoms with Crippen molar-refractivity contribution in [2.75, 3.05) is 0 Å². The van der Waals surface area contributed by atoms with Crippen molar-refractivity contribution in [3.63, 3.8) is 0 Å². The zero-order valence-electron chi connectivity index (χ0n) is 21.0. The van der Waals surface area contributed by atoms with E-state index in [2.05, 4.69) is 14.9 Å². The molecule has 13 heteroatoms. The lowest BCUT2D eigenvalue weighted by atomic mass is 9.93. The van der Waals surface area contributed by atoms with Gasteiger partial charge in [0.2, 0.25) is 0 Å². The summed E-state index contributed by atoms with van der Waals surface area (Å²) in [6.07, 6.45) is 3.20. The van der Waals surface area contributed by atoms with Crippen LogP contribution in [0.5, 0.6) is 17.5 Å². The second-order valence-electron chi connectivity index (χ2n) is 8.98. The third kappa shape index (κ3) is 5.38. The van der Waals surface area contributed by atoms with Crippen LogP contribution in [0.1, 0.15) is 26.0 Å². The molecule has 5 rings (SSSR count). The molecule has 204 valence electrons. The first-order valence-electron chi connectivity index (χ1n) is 12.2. The number of aromatic nitrogens is 5. The normalized spacial score (nSPS) is 15.5. The van der Waals surface area contributed by atoms with Crippen molar-refractivity contribution >= 4 is 11.2 Å². The van der Waals surface area contributed by atoms with Gasteiger partial charge in [0.25, 0.3) is 5.56 Å². The fourth-order valence-electron chi connectivity index (χ4n) is 4.42. The second kappa shape index (κ2) is 10.3. The molecule has 1 aliphatic rings. The first-order chi connectivity index (χ1) is 18.6. The van der Waals surface area contributed by atoms with E-state index in [0.29, 0.717) is 5.76 Å². The fraction of sp³-hybridized carbons (Fsp3) is 0.308. The summed E-state index contributed by atoms with van der Waals surface area (Å²) in [7, 11) is 0. The van der Waals surface area contributed by atoms with Gasteiger partial charge < -0.3 is 14.0 Å². The van der Waals surface area contributed by atoms with Gasteiger partial charge in [0.15, 0.2) is 16.9 Å². The number of hydrogen-bond donors (Lipinski definition) is 0. The first-order valence-corrected chi connectivity index (χ1v) is 12.2. The summed E-state index contributed by atoms with van der Waals surface area (Å²) >= 11 is 0. The molecule has 0 N–H and O–H groups in total. The summed E-state index contributed by atoms with van der Waals surface area (Å²) < 4.78 is 57.3. The molecule has 0 aliphatic heterocycles. The molecule has 1 unspecified atom stereocenters. The number of halogens is 3. The minimum Gasteiger partial charge on any atom is -0.425 e. The quantitative estimate of drug-likeness (QED) is 0.319. The molecular formula is C26H24F3N5O5. The lowest BCUT2D eigenvalue weighted by Crippen LogP contribution is -2.40. The molecule has 0 saturated carbocycles. The number of ether oxygens (including phenoxy) is 2. The number of imidazole rings is 1. The molecule has 4 aromatic rings. The Kier molecular flexibility index (Phi) is 6.89. The van der Waals surface area contributed by atoms with E-state index in [4.69, 9.17) is 9.26 Å². The van der Waals surface area contributed by atoms with E-state index in [9.17, 15) is 22.8 Å². The molecule has 0 bridgehead atoms. The van der Waals surface area contributed by atoms with Crippen molar-refractivity contribution in [3.05, 3.63) is 86.9 Å².